The van der Waals surface area contributed by atoms with Crippen molar-refractivity contribution in [1.82, 2.24) is 0 Å². The first-order chi connectivity index (χ1) is 6.79. The van der Waals surface area contributed by atoms with Crippen LogP contribution in [0.25, 0.3) is 0 Å². The van der Waals surface area contributed by atoms with Gasteiger partial charge in [-0.15, -0.1) is 0 Å². The Kier molecular flexibility index (Phi) is 2.62. The molecule has 1 heterocycles. The highest BCUT2D eigenvalue weighted by Gasteiger charge is 2.62. The molecule has 0 aromatic carbocycles. The molecular weight excluding hydrogens is 180 g/mol. The smallest absolute Gasteiger partial charge is 0.180 e. The predicted octanol–water partition coefficient (Wildman–Crippen LogP) is 1.90. The molecule has 80 valence electrons. The molecule has 0 amide bonds. The van der Waals surface area contributed by atoms with Crippen LogP contribution in [0.4, 0.5) is 0 Å². The van der Waals surface area contributed by atoms with Gasteiger partial charge in [0.2, 0.25) is 0 Å². The summed E-state index contributed by atoms with van der Waals surface area (Å²) in [6.45, 7) is 3.42. The second-order valence-electron chi connectivity index (χ2n) is 4.33. The maximum absolute atomic E-state index is 11.1. The summed E-state index contributed by atoms with van der Waals surface area (Å²) in [5.74, 6) is -0.565. The Bertz CT molecular complexity index is 215. The van der Waals surface area contributed by atoms with Gasteiger partial charge in [-0.1, -0.05) is 13.3 Å². The zero-order chi connectivity index (χ0) is 10.1. The zero-order valence-electron chi connectivity index (χ0n) is 8.75. The molecule has 0 unspecified atom stereocenters. The topological polar surface area (TPSA) is 35.5 Å². The van der Waals surface area contributed by atoms with E-state index in [4.69, 9.17) is 9.47 Å². The number of carbonyl (C=O) groups is 1. The molecule has 0 radical (unpaired) electrons. The first kappa shape index (κ1) is 10.1. The number of carbonyl (C=O) groups excluding carboxylic acids is 1. The number of ether oxygens (including phenoxy) is 2. The first-order valence-corrected chi connectivity index (χ1v) is 5.53. The van der Waals surface area contributed by atoms with E-state index in [9.17, 15) is 4.79 Å². The van der Waals surface area contributed by atoms with Gasteiger partial charge in [-0.2, -0.15) is 0 Å². The number of aldehydes is 1. The van der Waals surface area contributed by atoms with Crippen molar-refractivity contribution in [2.45, 2.75) is 44.8 Å². The molecule has 1 saturated heterocycles. The lowest BCUT2D eigenvalue weighted by Gasteiger charge is -2.32. The van der Waals surface area contributed by atoms with Gasteiger partial charge >= 0.3 is 0 Å². The molecule has 3 nitrogen and oxygen atoms in total. The van der Waals surface area contributed by atoms with Crippen LogP contribution < -0.4 is 0 Å². The molecule has 0 N–H and O–H groups in total. The van der Waals surface area contributed by atoms with Gasteiger partial charge in [0, 0.05) is 6.42 Å². The molecule has 2 fully saturated rings. The summed E-state index contributed by atoms with van der Waals surface area (Å²) in [7, 11) is 0. The van der Waals surface area contributed by atoms with Crippen LogP contribution in [0.3, 0.4) is 0 Å². The summed E-state index contributed by atoms with van der Waals surface area (Å²) in [5.41, 5.74) is -0.307. The van der Waals surface area contributed by atoms with Gasteiger partial charge < -0.3 is 14.3 Å². The number of unbranched alkanes of at least 4 members (excludes halogenated alkanes) is 1. The van der Waals surface area contributed by atoms with Crippen molar-refractivity contribution in [2.24, 2.45) is 5.41 Å². The van der Waals surface area contributed by atoms with Gasteiger partial charge in [0.05, 0.1) is 18.6 Å². The number of rotatable bonds is 5. The number of hydrogen-bond acceptors (Lipinski definition) is 3. The quantitative estimate of drug-likeness (QED) is 0.633. The minimum absolute atomic E-state index is 0.307. The van der Waals surface area contributed by atoms with Gasteiger partial charge in [0.15, 0.2) is 5.79 Å². The average Bonchev–Trinajstić information content (AvgIpc) is 2.89. The minimum atomic E-state index is -0.565. The van der Waals surface area contributed by atoms with Gasteiger partial charge in [0.25, 0.3) is 0 Å². The normalized spacial score (nSPS) is 27.5. The van der Waals surface area contributed by atoms with Crippen molar-refractivity contribution in [3.05, 3.63) is 0 Å². The lowest BCUT2D eigenvalue weighted by atomic mass is 9.91. The maximum Gasteiger partial charge on any atom is 0.180 e. The Hall–Kier alpha value is -0.410. The van der Waals surface area contributed by atoms with Crippen molar-refractivity contribution in [3.63, 3.8) is 0 Å². The van der Waals surface area contributed by atoms with Crippen molar-refractivity contribution in [3.8, 4) is 0 Å². The Morgan fingerprint density at radius 3 is 2.36 bits per heavy atom. The molecule has 0 bridgehead atoms. The highest BCUT2D eigenvalue weighted by Crippen LogP contribution is 2.57. The Morgan fingerprint density at radius 2 is 1.93 bits per heavy atom. The second kappa shape index (κ2) is 3.63. The van der Waals surface area contributed by atoms with Crippen molar-refractivity contribution in [2.75, 3.05) is 13.2 Å². The summed E-state index contributed by atoms with van der Waals surface area (Å²) >= 11 is 0. The SMILES string of the molecule is CCCCC1(C2(C=O)CC2)OCCO1. The largest absolute Gasteiger partial charge is 0.347 e. The Balaban J connectivity index is 2.09. The van der Waals surface area contributed by atoms with Crippen LogP contribution in [0, 0.1) is 5.41 Å². The molecule has 1 saturated carbocycles. The summed E-state index contributed by atoms with van der Waals surface area (Å²) < 4.78 is 11.4. The minimum Gasteiger partial charge on any atom is -0.347 e. The van der Waals surface area contributed by atoms with Crippen LogP contribution in [-0.2, 0) is 14.3 Å². The fourth-order valence-electron chi connectivity index (χ4n) is 2.27. The van der Waals surface area contributed by atoms with Gasteiger partial charge in [0.1, 0.15) is 6.29 Å². The van der Waals surface area contributed by atoms with Crippen LogP contribution in [0.1, 0.15) is 39.0 Å². The van der Waals surface area contributed by atoms with E-state index in [0.717, 1.165) is 38.4 Å². The third kappa shape index (κ3) is 1.39. The summed E-state index contributed by atoms with van der Waals surface area (Å²) in [6, 6.07) is 0. The van der Waals surface area contributed by atoms with E-state index in [1.807, 2.05) is 0 Å². The zero-order valence-corrected chi connectivity index (χ0v) is 8.75. The molecule has 3 heteroatoms. The highest BCUT2D eigenvalue weighted by atomic mass is 16.7. The molecule has 0 aromatic rings. The van der Waals surface area contributed by atoms with Crippen LogP contribution in [0.5, 0.6) is 0 Å². The molecule has 0 atom stereocenters. The Morgan fingerprint density at radius 1 is 1.29 bits per heavy atom. The molecule has 0 aromatic heterocycles. The Labute approximate surface area is 84.8 Å². The fraction of sp³-hybridized carbons (Fsp3) is 0.909. The molecular formula is C11H18O3. The van der Waals surface area contributed by atoms with E-state index in [1.165, 1.54) is 0 Å². The lowest BCUT2D eigenvalue weighted by molar-refractivity contribution is -0.206. The van der Waals surface area contributed by atoms with Crippen molar-refractivity contribution < 1.29 is 14.3 Å². The maximum atomic E-state index is 11.1. The van der Waals surface area contributed by atoms with E-state index in [-0.39, 0.29) is 5.41 Å². The molecule has 2 aliphatic rings. The second-order valence-corrected chi connectivity index (χ2v) is 4.33. The van der Waals surface area contributed by atoms with Crippen LogP contribution in [0.2, 0.25) is 0 Å². The van der Waals surface area contributed by atoms with E-state index >= 15 is 0 Å². The van der Waals surface area contributed by atoms with Gasteiger partial charge in [-0.3, -0.25) is 0 Å². The summed E-state index contributed by atoms with van der Waals surface area (Å²) in [5, 5.41) is 0. The number of hydrogen-bond donors (Lipinski definition) is 0. The van der Waals surface area contributed by atoms with E-state index in [2.05, 4.69) is 6.92 Å². The third-order valence-electron chi connectivity index (χ3n) is 3.39. The molecule has 2 rings (SSSR count). The van der Waals surface area contributed by atoms with E-state index < -0.39 is 5.79 Å². The molecule has 1 aliphatic heterocycles. The standard InChI is InChI=1S/C11H18O3/c1-2-3-4-11(13-7-8-14-11)10(9-12)5-6-10/h9H,2-8H2,1H3. The third-order valence-corrected chi connectivity index (χ3v) is 3.39. The van der Waals surface area contributed by atoms with Crippen LogP contribution in [-0.4, -0.2) is 25.3 Å². The average molecular weight is 198 g/mol. The van der Waals surface area contributed by atoms with E-state index in [0.29, 0.717) is 13.2 Å². The van der Waals surface area contributed by atoms with Crippen LogP contribution >= 0.6 is 0 Å². The first-order valence-electron chi connectivity index (χ1n) is 5.53. The van der Waals surface area contributed by atoms with Gasteiger partial charge in [-0.25, -0.2) is 0 Å². The highest BCUT2D eigenvalue weighted by molar-refractivity contribution is 5.65. The summed E-state index contributed by atoms with van der Waals surface area (Å²) in [4.78, 5) is 11.1. The van der Waals surface area contributed by atoms with E-state index in [1.54, 1.807) is 0 Å². The van der Waals surface area contributed by atoms with Crippen molar-refractivity contribution in [1.29, 1.82) is 0 Å². The summed E-state index contributed by atoms with van der Waals surface area (Å²) in [6.07, 6.45) is 5.95. The molecule has 0 spiro atoms. The van der Waals surface area contributed by atoms with Crippen molar-refractivity contribution >= 4 is 6.29 Å². The lowest BCUT2D eigenvalue weighted by Crippen LogP contribution is -2.42. The predicted molar refractivity (Wildman–Crippen MR) is 51.9 cm³/mol. The van der Waals surface area contributed by atoms with Crippen LogP contribution in [0.15, 0.2) is 0 Å². The molecule has 14 heavy (non-hydrogen) atoms. The fourth-order valence-corrected chi connectivity index (χ4v) is 2.27. The monoisotopic (exact) mass is 198 g/mol. The molecule has 1 aliphatic carbocycles. The van der Waals surface area contributed by atoms with Gasteiger partial charge in [-0.05, 0) is 19.3 Å².